The minimum absolute atomic E-state index is 0.189. The standard InChI is InChI=1S/C27H24ClN5O2/c1-18-24(26(34)29-15-19-9-3-2-4-10-19)25(33-27(32-18)30-17-31-33)21-12-6-8-14-23(21)35-16-20-11-5-7-13-22(20)28/h2-14,17,25H,15-16H2,1H3,(H,29,34)(H,30,31,32)/t25-/m0/s1. The second-order valence-electron chi connectivity index (χ2n) is 8.18. The van der Waals surface area contributed by atoms with E-state index in [2.05, 4.69) is 20.7 Å². The molecule has 0 spiro atoms. The van der Waals surface area contributed by atoms with Crippen LogP contribution >= 0.6 is 11.6 Å². The number of benzene rings is 3. The lowest BCUT2D eigenvalue weighted by Gasteiger charge is -2.29. The molecule has 1 aliphatic rings. The third kappa shape index (κ3) is 4.76. The molecule has 0 saturated heterocycles. The fourth-order valence-corrected chi connectivity index (χ4v) is 4.35. The highest BCUT2D eigenvalue weighted by molar-refractivity contribution is 6.31. The van der Waals surface area contributed by atoms with Gasteiger partial charge in [0.25, 0.3) is 5.91 Å². The molecule has 1 aromatic heterocycles. The molecule has 2 heterocycles. The number of carbonyl (C=O) groups is 1. The minimum atomic E-state index is -0.521. The number of para-hydroxylation sites is 1. The van der Waals surface area contributed by atoms with E-state index >= 15 is 0 Å². The number of fused-ring (bicyclic) bond motifs is 1. The molecule has 35 heavy (non-hydrogen) atoms. The van der Waals surface area contributed by atoms with E-state index in [1.54, 1.807) is 4.68 Å². The SMILES string of the molecule is CC1=C(C(=O)NCc2ccccc2)[C@H](c2ccccc2OCc2ccccc2Cl)n2ncnc2N1. The summed E-state index contributed by atoms with van der Waals surface area (Å²) in [4.78, 5) is 17.8. The first-order chi connectivity index (χ1) is 17.1. The molecule has 0 bridgehead atoms. The van der Waals surface area contributed by atoms with Gasteiger partial charge in [0.1, 0.15) is 24.7 Å². The summed E-state index contributed by atoms with van der Waals surface area (Å²) >= 11 is 6.33. The van der Waals surface area contributed by atoms with Crippen molar-refractivity contribution in [2.24, 2.45) is 0 Å². The van der Waals surface area contributed by atoms with Gasteiger partial charge in [0.05, 0.1) is 5.57 Å². The number of carbonyl (C=O) groups excluding carboxylic acids is 1. The number of rotatable bonds is 7. The molecule has 176 valence electrons. The molecule has 7 nitrogen and oxygen atoms in total. The molecule has 0 saturated carbocycles. The summed E-state index contributed by atoms with van der Waals surface area (Å²) in [6.07, 6.45) is 1.47. The van der Waals surface area contributed by atoms with Crippen LogP contribution in [0, 0.1) is 0 Å². The van der Waals surface area contributed by atoms with Gasteiger partial charge in [-0.3, -0.25) is 4.79 Å². The average molecular weight is 486 g/mol. The number of ether oxygens (including phenoxy) is 1. The van der Waals surface area contributed by atoms with Crippen molar-refractivity contribution in [1.29, 1.82) is 0 Å². The number of aromatic nitrogens is 3. The van der Waals surface area contributed by atoms with E-state index in [0.29, 0.717) is 41.1 Å². The molecule has 5 rings (SSSR count). The van der Waals surface area contributed by atoms with Gasteiger partial charge in [0.15, 0.2) is 0 Å². The summed E-state index contributed by atoms with van der Waals surface area (Å²) in [5.74, 6) is 1.01. The quantitative estimate of drug-likeness (QED) is 0.380. The van der Waals surface area contributed by atoms with Crippen molar-refractivity contribution in [1.82, 2.24) is 20.1 Å². The first-order valence-corrected chi connectivity index (χ1v) is 11.6. The topological polar surface area (TPSA) is 81.1 Å². The number of nitrogens with one attached hydrogen (secondary N) is 2. The molecule has 0 radical (unpaired) electrons. The summed E-state index contributed by atoms with van der Waals surface area (Å²) in [5, 5.41) is 11.3. The van der Waals surface area contributed by atoms with Gasteiger partial charge < -0.3 is 15.4 Å². The second-order valence-corrected chi connectivity index (χ2v) is 8.59. The van der Waals surface area contributed by atoms with Gasteiger partial charge in [-0.2, -0.15) is 10.1 Å². The van der Waals surface area contributed by atoms with Crippen LogP contribution in [0.2, 0.25) is 5.02 Å². The molecule has 0 unspecified atom stereocenters. The van der Waals surface area contributed by atoms with Crippen LogP contribution in [0.1, 0.15) is 29.7 Å². The van der Waals surface area contributed by atoms with Crippen LogP contribution in [0.3, 0.4) is 0 Å². The van der Waals surface area contributed by atoms with E-state index in [1.807, 2.05) is 85.8 Å². The maximum absolute atomic E-state index is 13.5. The number of hydrogen-bond donors (Lipinski definition) is 2. The highest BCUT2D eigenvalue weighted by Crippen LogP contribution is 2.39. The largest absolute Gasteiger partial charge is 0.488 e. The summed E-state index contributed by atoms with van der Waals surface area (Å²) in [7, 11) is 0. The van der Waals surface area contributed by atoms with Gasteiger partial charge in [-0.05, 0) is 24.6 Å². The van der Waals surface area contributed by atoms with Gasteiger partial charge in [-0.1, -0.05) is 78.3 Å². The molecule has 8 heteroatoms. The number of hydrogen-bond acceptors (Lipinski definition) is 5. The number of amides is 1. The van der Waals surface area contributed by atoms with Crippen LogP contribution in [0.4, 0.5) is 5.95 Å². The third-order valence-corrected chi connectivity index (χ3v) is 6.26. The summed E-state index contributed by atoms with van der Waals surface area (Å²) in [6, 6.07) is 24.5. The van der Waals surface area contributed by atoms with Crippen molar-refractivity contribution in [3.05, 3.63) is 118 Å². The monoisotopic (exact) mass is 485 g/mol. The van der Waals surface area contributed by atoms with Crippen LogP contribution < -0.4 is 15.4 Å². The van der Waals surface area contributed by atoms with Crippen LogP contribution in [-0.2, 0) is 17.9 Å². The second kappa shape index (κ2) is 10.0. The molecule has 0 fully saturated rings. The number of halogens is 1. The molecule has 4 aromatic rings. The van der Waals surface area contributed by atoms with Crippen molar-refractivity contribution in [3.63, 3.8) is 0 Å². The van der Waals surface area contributed by atoms with E-state index in [0.717, 1.165) is 16.7 Å². The van der Waals surface area contributed by atoms with E-state index in [9.17, 15) is 4.79 Å². The van der Waals surface area contributed by atoms with Gasteiger partial charge in [0, 0.05) is 28.4 Å². The lowest BCUT2D eigenvalue weighted by atomic mass is 9.94. The first-order valence-electron chi connectivity index (χ1n) is 11.3. The number of anilines is 1. The number of nitrogens with zero attached hydrogens (tertiary/aromatic N) is 3. The van der Waals surface area contributed by atoms with Gasteiger partial charge >= 0.3 is 0 Å². The summed E-state index contributed by atoms with van der Waals surface area (Å²) in [6.45, 7) is 2.58. The predicted octanol–water partition coefficient (Wildman–Crippen LogP) is 5.12. The fourth-order valence-electron chi connectivity index (χ4n) is 4.15. The summed E-state index contributed by atoms with van der Waals surface area (Å²) in [5.41, 5.74) is 3.96. The van der Waals surface area contributed by atoms with Crippen molar-refractivity contribution >= 4 is 23.5 Å². The molecular weight excluding hydrogens is 462 g/mol. The predicted molar refractivity (Wildman–Crippen MR) is 135 cm³/mol. The Hall–Kier alpha value is -4.10. The smallest absolute Gasteiger partial charge is 0.251 e. The minimum Gasteiger partial charge on any atom is -0.488 e. The van der Waals surface area contributed by atoms with E-state index in [1.165, 1.54) is 6.33 Å². The van der Waals surface area contributed by atoms with Crippen LogP contribution in [0.25, 0.3) is 0 Å². The normalized spacial score (nSPS) is 14.7. The van der Waals surface area contributed by atoms with E-state index < -0.39 is 6.04 Å². The molecule has 2 N–H and O–H groups in total. The summed E-state index contributed by atoms with van der Waals surface area (Å²) < 4.78 is 7.93. The zero-order valence-corrected chi connectivity index (χ0v) is 19.9. The Bertz CT molecular complexity index is 1380. The van der Waals surface area contributed by atoms with Crippen molar-refractivity contribution < 1.29 is 9.53 Å². The van der Waals surface area contributed by atoms with Crippen LogP contribution in [-0.4, -0.2) is 20.7 Å². The Morgan fingerprint density at radius 3 is 2.63 bits per heavy atom. The molecule has 1 amide bonds. The lowest BCUT2D eigenvalue weighted by molar-refractivity contribution is -0.118. The Kier molecular flexibility index (Phi) is 6.50. The Labute approximate surface area is 208 Å². The Morgan fingerprint density at radius 2 is 1.80 bits per heavy atom. The van der Waals surface area contributed by atoms with Gasteiger partial charge in [-0.25, -0.2) is 4.68 Å². The molecule has 1 aliphatic heterocycles. The number of allylic oxidation sites excluding steroid dienone is 1. The molecule has 0 aliphatic carbocycles. The van der Waals surface area contributed by atoms with Gasteiger partial charge in [-0.15, -0.1) is 0 Å². The van der Waals surface area contributed by atoms with Gasteiger partial charge in [0.2, 0.25) is 5.95 Å². The van der Waals surface area contributed by atoms with Crippen molar-refractivity contribution in [3.8, 4) is 5.75 Å². The van der Waals surface area contributed by atoms with Crippen LogP contribution in [0.5, 0.6) is 5.75 Å². The maximum atomic E-state index is 13.5. The average Bonchev–Trinajstić information content (AvgIpc) is 3.35. The fraction of sp³-hybridized carbons (Fsp3) is 0.148. The maximum Gasteiger partial charge on any atom is 0.251 e. The van der Waals surface area contributed by atoms with E-state index in [4.69, 9.17) is 16.3 Å². The molecule has 1 atom stereocenters. The molecular formula is C27H24ClN5O2. The van der Waals surface area contributed by atoms with Crippen molar-refractivity contribution in [2.75, 3.05) is 5.32 Å². The highest BCUT2D eigenvalue weighted by atomic mass is 35.5. The van der Waals surface area contributed by atoms with Crippen molar-refractivity contribution in [2.45, 2.75) is 26.1 Å². The zero-order valence-electron chi connectivity index (χ0n) is 19.1. The van der Waals surface area contributed by atoms with Crippen LogP contribution in [0.15, 0.2) is 96.5 Å². The highest BCUT2D eigenvalue weighted by Gasteiger charge is 2.35. The zero-order chi connectivity index (χ0) is 24.2. The lowest BCUT2D eigenvalue weighted by Crippen LogP contribution is -2.35. The third-order valence-electron chi connectivity index (χ3n) is 5.89. The Balaban J connectivity index is 1.48. The van der Waals surface area contributed by atoms with E-state index in [-0.39, 0.29) is 5.91 Å². The first kappa shape index (κ1) is 22.7. The molecule has 3 aromatic carbocycles. The Morgan fingerprint density at radius 1 is 1.06 bits per heavy atom.